The molecule has 4 aliphatic rings. The molecular formula is C30H18BF5N2S2. The third-order valence-corrected chi connectivity index (χ3v) is 11.2. The summed E-state index contributed by atoms with van der Waals surface area (Å²) in [6.07, 6.45) is -1.36. The predicted octanol–water partition coefficient (Wildman–Crippen LogP) is 8.58. The standard InChI is InChI=1S/C30H18BF5N2S2/c32-30(33,34)25-21-13-15-9-11-19-17-5-1-3-7-23(17)39-28(19)26(15)37(21)31(35,36)38-22(25)14-16-10-12-20-18-6-2-4-8-24(18)40-29(20)27(16)38/h1-8,13-14H,9-12H2. The highest BCUT2D eigenvalue weighted by Crippen LogP contribution is 2.53. The van der Waals surface area contributed by atoms with E-state index in [0.29, 0.717) is 46.6 Å². The van der Waals surface area contributed by atoms with Crippen LogP contribution in [0.4, 0.5) is 21.8 Å². The fourth-order valence-electron chi connectivity index (χ4n) is 7.21. The van der Waals surface area contributed by atoms with Gasteiger partial charge in [0.15, 0.2) is 11.4 Å². The Kier molecular flexibility index (Phi) is 4.31. The Labute approximate surface area is 233 Å². The van der Waals surface area contributed by atoms with Gasteiger partial charge in [-0.1, -0.05) is 36.4 Å². The first-order valence-electron chi connectivity index (χ1n) is 13.2. The molecule has 2 aliphatic carbocycles. The van der Waals surface area contributed by atoms with Gasteiger partial charge in [-0.05, 0) is 71.3 Å². The van der Waals surface area contributed by atoms with Crippen LogP contribution in [-0.2, 0) is 19.3 Å². The van der Waals surface area contributed by atoms with Crippen molar-refractivity contribution in [2.45, 2.75) is 31.9 Å². The average Bonchev–Trinajstić information content (AvgIpc) is 3.66. The minimum Gasteiger partial charge on any atom is -0.389 e. The number of nitrogens with zero attached hydrogens (tertiary/aromatic N) is 2. The number of thiophene rings is 2. The average molecular weight is 576 g/mol. The summed E-state index contributed by atoms with van der Waals surface area (Å²) in [4.78, 5) is 1.31. The van der Waals surface area contributed by atoms with Crippen molar-refractivity contribution in [3.05, 3.63) is 99.2 Å². The van der Waals surface area contributed by atoms with E-state index in [1.165, 1.54) is 34.8 Å². The summed E-state index contributed by atoms with van der Waals surface area (Å²) in [5, 5.41) is 1.98. The third kappa shape index (κ3) is 2.76. The van der Waals surface area contributed by atoms with Gasteiger partial charge in [0.1, 0.15) is 5.57 Å². The number of hydrogen-bond donors (Lipinski definition) is 0. The Morgan fingerprint density at radius 1 is 0.800 bits per heavy atom. The van der Waals surface area contributed by atoms with Crippen molar-refractivity contribution >= 4 is 61.1 Å². The number of aryl methyl sites for hydroxylation is 3. The summed E-state index contributed by atoms with van der Waals surface area (Å²) in [7, 11) is 0. The van der Waals surface area contributed by atoms with Crippen LogP contribution in [0, 0.1) is 0 Å². The third-order valence-electron chi connectivity index (χ3n) is 8.76. The van der Waals surface area contributed by atoms with E-state index in [2.05, 4.69) is 0 Å². The van der Waals surface area contributed by atoms with E-state index in [0.717, 1.165) is 40.3 Å². The Morgan fingerprint density at radius 3 is 2.12 bits per heavy atom. The lowest BCUT2D eigenvalue weighted by molar-refractivity contribution is -0.362. The second-order valence-electron chi connectivity index (χ2n) is 10.8. The smallest absolute Gasteiger partial charge is 0.389 e. The summed E-state index contributed by atoms with van der Waals surface area (Å²) < 4.78 is 82.4. The molecule has 3 aromatic heterocycles. The second-order valence-corrected chi connectivity index (χ2v) is 12.9. The molecule has 0 atom stereocenters. The molecule has 0 unspecified atom stereocenters. The highest BCUT2D eigenvalue weighted by Gasteiger charge is 2.61. The monoisotopic (exact) mass is 576 g/mol. The molecule has 40 heavy (non-hydrogen) atoms. The van der Waals surface area contributed by atoms with Crippen molar-refractivity contribution in [2.24, 2.45) is 0 Å². The van der Waals surface area contributed by atoms with E-state index in [-0.39, 0.29) is 11.4 Å². The van der Waals surface area contributed by atoms with Crippen LogP contribution in [0.2, 0.25) is 0 Å². The van der Waals surface area contributed by atoms with Gasteiger partial charge < -0.3 is 17.6 Å². The van der Waals surface area contributed by atoms with Gasteiger partial charge in [0.05, 0.1) is 9.75 Å². The minimum absolute atomic E-state index is 0.240. The predicted molar refractivity (Wildman–Crippen MR) is 152 cm³/mol. The van der Waals surface area contributed by atoms with Crippen LogP contribution in [-0.4, -0.2) is 27.8 Å². The van der Waals surface area contributed by atoms with Gasteiger partial charge >= 0.3 is 13.1 Å². The van der Waals surface area contributed by atoms with Crippen LogP contribution < -0.4 is 0 Å². The first-order valence-corrected chi connectivity index (χ1v) is 14.8. The summed E-state index contributed by atoms with van der Waals surface area (Å²) in [5.41, 5.74) is 1.66. The van der Waals surface area contributed by atoms with Crippen LogP contribution in [0.5, 0.6) is 0 Å². The van der Waals surface area contributed by atoms with E-state index in [4.69, 9.17) is 0 Å². The molecule has 0 spiro atoms. The molecule has 2 nitrogen and oxygen atoms in total. The second kappa shape index (κ2) is 7.41. The molecule has 0 amide bonds. The normalized spacial score (nSPS) is 18.9. The van der Waals surface area contributed by atoms with Crippen molar-refractivity contribution in [3.8, 4) is 10.6 Å². The molecule has 9 rings (SSSR count). The zero-order chi connectivity index (χ0) is 27.1. The number of allylic oxidation sites excluding steroid dienone is 3. The van der Waals surface area contributed by atoms with Crippen LogP contribution >= 0.6 is 22.7 Å². The van der Waals surface area contributed by atoms with Crippen LogP contribution in [0.25, 0.3) is 36.3 Å². The van der Waals surface area contributed by atoms with Gasteiger partial charge in [0.2, 0.25) is 0 Å². The summed E-state index contributed by atoms with van der Waals surface area (Å²) >= 11 is 2.78. The maximum absolute atomic E-state index is 17.1. The van der Waals surface area contributed by atoms with Gasteiger partial charge in [0, 0.05) is 32.4 Å². The number of aromatic nitrogens is 1. The molecule has 0 radical (unpaired) electrons. The maximum Gasteiger partial charge on any atom is 0.738 e. The molecule has 0 N–H and O–H groups in total. The molecule has 0 saturated heterocycles. The van der Waals surface area contributed by atoms with E-state index in [9.17, 15) is 13.2 Å². The first-order chi connectivity index (χ1) is 19.2. The molecule has 0 bridgehead atoms. The fourth-order valence-corrected chi connectivity index (χ4v) is 9.87. The zero-order valence-electron chi connectivity index (χ0n) is 20.8. The van der Waals surface area contributed by atoms with Crippen molar-refractivity contribution in [1.29, 1.82) is 0 Å². The summed E-state index contributed by atoms with van der Waals surface area (Å²) in [6, 6.07) is 16.8. The number of rotatable bonds is 0. The van der Waals surface area contributed by atoms with Crippen molar-refractivity contribution < 1.29 is 26.3 Å². The quantitative estimate of drug-likeness (QED) is 0.129. The number of fused-ring (bicyclic) bond motifs is 13. The van der Waals surface area contributed by atoms with Gasteiger partial charge in [0.25, 0.3) is 0 Å². The maximum atomic E-state index is 17.1. The van der Waals surface area contributed by atoms with Gasteiger partial charge in [-0.25, -0.2) is 0 Å². The molecule has 0 saturated carbocycles. The zero-order valence-corrected chi connectivity index (χ0v) is 22.4. The number of hydrogen-bond acceptors (Lipinski definition) is 2. The van der Waals surface area contributed by atoms with Gasteiger partial charge in [-0.15, -0.1) is 22.7 Å². The highest BCUT2D eigenvalue weighted by atomic mass is 32.1. The first kappa shape index (κ1) is 23.2. The molecular weight excluding hydrogens is 558 g/mol. The lowest BCUT2D eigenvalue weighted by atomic mass is 9.85. The highest BCUT2D eigenvalue weighted by molar-refractivity contribution is 7.22. The lowest BCUT2D eigenvalue weighted by Crippen LogP contribution is -2.52. The fraction of sp³-hybridized carbons (Fsp3) is 0.167. The SMILES string of the molecule is F[B-]1(F)n2c(cc3c2-c2sc4ccccc4c2CC3)C(C(F)(F)F)=C2C=C3CCc4c(sc5ccccc45)C3=[N+]21. The Morgan fingerprint density at radius 2 is 1.43 bits per heavy atom. The number of benzene rings is 2. The van der Waals surface area contributed by atoms with E-state index < -0.39 is 30.1 Å². The number of halogens is 5. The van der Waals surface area contributed by atoms with Gasteiger partial charge in [-0.2, -0.15) is 13.2 Å². The number of alkyl halides is 3. The molecule has 2 aromatic carbocycles. The van der Waals surface area contributed by atoms with Gasteiger partial charge in [-0.3, -0.25) is 0 Å². The topological polar surface area (TPSA) is 7.94 Å². The Bertz CT molecular complexity index is 2090. The summed E-state index contributed by atoms with van der Waals surface area (Å²) in [6.45, 7) is -4.63. The minimum atomic E-state index is -4.81. The van der Waals surface area contributed by atoms with Crippen molar-refractivity contribution in [2.75, 3.05) is 0 Å². The Hall–Kier alpha value is -3.50. The lowest BCUT2D eigenvalue weighted by Gasteiger charge is -2.34. The molecule has 5 aromatic rings. The molecule has 5 heterocycles. The van der Waals surface area contributed by atoms with Crippen molar-refractivity contribution in [3.63, 3.8) is 0 Å². The van der Waals surface area contributed by atoms with E-state index in [1.54, 1.807) is 0 Å². The van der Waals surface area contributed by atoms with Crippen LogP contribution in [0.3, 0.4) is 0 Å². The van der Waals surface area contributed by atoms with Crippen molar-refractivity contribution in [1.82, 2.24) is 4.48 Å². The Balaban J connectivity index is 1.40. The molecule has 198 valence electrons. The molecule has 10 heteroatoms. The molecule has 0 fully saturated rings. The van der Waals surface area contributed by atoms with Crippen LogP contribution in [0.15, 0.2) is 71.9 Å². The van der Waals surface area contributed by atoms with Crippen LogP contribution in [0.1, 0.15) is 33.7 Å². The van der Waals surface area contributed by atoms with E-state index >= 15 is 8.63 Å². The summed E-state index contributed by atoms with van der Waals surface area (Å²) in [5.74, 6) is 0. The van der Waals surface area contributed by atoms with E-state index in [1.807, 2.05) is 48.5 Å². The molecule has 2 aliphatic heterocycles. The largest absolute Gasteiger partial charge is 0.738 e.